The maximum absolute atomic E-state index is 12.2. The van der Waals surface area contributed by atoms with E-state index in [1.165, 1.54) is 0 Å². The second kappa shape index (κ2) is 7.17. The minimum Gasteiger partial charge on any atom is -0.266 e. The number of nitrogens with zero attached hydrogens (tertiary/aromatic N) is 1. The summed E-state index contributed by atoms with van der Waals surface area (Å²) in [6.07, 6.45) is 0. The van der Waals surface area contributed by atoms with Crippen LogP contribution in [0, 0.1) is 0 Å². The van der Waals surface area contributed by atoms with E-state index >= 15 is 0 Å². The average Bonchev–Trinajstić information content (AvgIpc) is 2.64. The quantitative estimate of drug-likeness (QED) is 0.648. The van der Waals surface area contributed by atoms with Crippen molar-refractivity contribution in [3.63, 3.8) is 0 Å². The van der Waals surface area contributed by atoms with E-state index in [-0.39, 0.29) is 5.91 Å². The van der Waals surface area contributed by atoms with Crippen LogP contribution in [0.5, 0.6) is 0 Å². The van der Waals surface area contributed by atoms with Gasteiger partial charge < -0.3 is 0 Å². The van der Waals surface area contributed by atoms with Gasteiger partial charge in [-0.25, -0.2) is 0 Å². The summed E-state index contributed by atoms with van der Waals surface area (Å²) >= 11 is 0. The molecule has 3 aromatic carbocycles. The average molecular weight is 297 g/mol. The summed E-state index contributed by atoms with van der Waals surface area (Å²) in [5.41, 5.74) is 3.31. The molecule has 0 atom stereocenters. The first kappa shape index (κ1) is 14.7. The van der Waals surface area contributed by atoms with E-state index in [1.807, 2.05) is 78.9 Å². The Balaban J connectivity index is 2.05. The van der Waals surface area contributed by atoms with E-state index in [9.17, 15) is 4.79 Å². The first-order valence-electron chi connectivity index (χ1n) is 7.38. The molecule has 110 valence electrons. The molecule has 2 heteroatoms. The fourth-order valence-electron chi connectivity index (χ4n) is 2.26. The Bertz CT molecular complexity index is 805. The third-order valence-electron chi connectivity index (χ3n) is 3.41. The molecule has 0 unspecified atom stereocenters. The first-order valence-corrected chi connectivity index (χ1v) is 7.38. The molecule has 0 heterocycles. The summed E-state index contributed by atoms with van der Waals surface area (Å²) in [7, 11) is 0. The Morgan fingerprint density at radius 2 is 1.00 bits per heavy atom. The van der Waals surface area contributed by atoms with Crippen molar-refractivity contribution in [1.29, 1.82) is 0 Å². The fourth-order valence-corrected chi connectivity index (χ4v) is 2.26. The molecule has 0 bridgehead atoms. The predicted molar refractivity (Wildman–Crippen MR) is 93.6 cm³/mol. The van der Waals surface area contributed by atoms with Crippen molar-refractivity contribution in [3.05, 3.63) is 108 Å². The van der Waals surface area contributed by atoms with Crippen molar-refractivity contribution in [3.8, 4) is 0 Å². The zero-order valence-electron chi connectivity index (χ0n) is 12.5. The SMILES string of the molecule is O=C(N=C=C(c1ccccc1)c1ccccc1)c1ccccc1. The number of hydrogen-bond acceptors (Lipinski definition) is 1. The molecule has 0 aliphatic rings. The Kier molecular flexibility index (Phi) is 4.58. The summed E-state index contributed by atoms with van der Waals surface area (Å²) in [6.45, 7) is 0. The van der Waals surface area contributed by atoms with Gasteiger partial charge in [-0.2, -0.15) is 4.99 Å². The fraction of sp³-hybridized carbons (Fsp3) is 0. The van der Waals surface area contributed by atoms with Crippen LogP contribution in [0.15, 0.2) is 96.0 Å². The summed E-state index contributed by atoms with van der Waals surface area (Å²) in [4.78, 5) is 16.2. The molecule has 2 nitrogen and oxygen atoms in total. The molecular formula is C21H15NO. The lowest BCUT2D eigenvalue weighted by atomic mass is 9.99. The normalized spacial score (nSPS) is 9.74. The molecule has 3 rings (SSSR count). The number of amides is 1. The highest BCUT2D eigenvalue weighted by Gasteiger charge is 2.05. The van der Waals surface area contributed by atoms with E-state index in [4.69, 9.17) is 0 Å². The summed E-state index contributed by atoms with van der Waals surface area (Å²) in [5, 5.41) is 0. The molecule has 1 amide bonds. The van der Waals surface area contributed by atoms with Gasteiger partial charge in [-0.3, -0.25) is 4.79 Å². The molecule has 3 aromatic rings. The largest absolute Gasteiger partial charge is 0.285 e. The highest BCUT2D eigenvalue weighted by atomic mass is 16.1. The van der Waals surface area contributed by atoms with Crippen LogP contribution >= 0.6 is 0 Å². The van der Waals surface area contributed by atoms with Gasteiger partial charge in [0.15, 0.2) is 0 Å². The Morgan fingerprint density at radius 1 is 0.609 bits per heavy atom. The van der Waals surface area contributed by atoms with Crippen LogP contribution in [0.2, 0.25) is 0 Å². The van der Waals surface area contributed by atoms with Gasteiger partial charge in [0.2, 0.25) is 0 Å². The van der Waals surface area contributed by atoms with Crippen molar-refractivity contribution >= 4 is 17.4 Å². The molecule has 0 aliphatic carbocycles. The Hall–Kier alpha value is -3.22. The molecule has 0 aliphatic heterocycles. The van der Waals surface area contributed by atoms with Crippen LogP contribution in [-0.2, 0) is 0 Å². The van der Waals surface area contributed by atoms with Crippen LogP contribution in [0.25, 0.3) is 5.57 Å². The zero-order chi connectivity index (χ0) is 15.9. The van der Waals surface area contributed by atoms with Crippen molar-refractivity contribution in [2.24, 2.45) is 4.99 Å². The van der Waals surface area contributed by atoms with E-state index in [0.29, 0.717) is 5.56 Å². The van der Waals surface area contributed by atoms with Gasteiger partial charge in [-0.05, 0) is 23.3 Å². The lowest BCUT2D eigenvalue weighted by molar-refractivity contribution is 0.100. The van der Waals surface area contributed by atoms with Crippen LogP contribution in [0.1, 0.15) is 21.5 Å². The van der Waals surface area contributed by atoms with E-state index in [1.54, 1.807) is 12.1 Å². The van der Waals surface area contributed by atoms with E-state index < -0.39 is 0 Å². The van der Waals surface area contributed by atoms with Gasteiger partial charge in [-0.1, -0.05) is 78.9 Å². The number of rotatable bonds is 3. The van der Waals surface area contributed by atoms with Gasteiger partial charge in [0.05, 0.1) is 5.57 Å². The van der Waals surface area contributed by atoms with Crippen LogP contribution < -0.4 is 0 Å². The van der Waals surface area contributed by atoms with Gasteiger partial charge in [0, 0.05) is 11.4 Å². The molecule has 0 saturated heterocycles. The standard InChI is InChI=1S/C21H15NO/c23-21(19-14-8-3-9-15-19)22-16-20(17-10-4-1-5-11-17)18-12-6-2-7-13-18/h1-15H. The van der Waals surface area contributed by atoms with Crippen LogP contribution in [0.3, 0.4) is 0 Å². The topological polar surface area (TPSA) is 29.4 Å². The maximum atomic E-state index is 12.2. The number of benzene rings is 3. The van der Waals surface area contributed by atoms with Crippen molar-refractivity contribution in [2.45, 2.75) is 0 Å². The van der Waals surface area contributed by atoms with Gasteiger partial charge in [0.1, 0.15) is 0 Å². The van der Waals surface area contributed by atoms with Crippen molar-refractivity contribution in [1.82, 2.24) is 0 Å². The number of aliphatic imine (C=N–C) groups is 1. The molecular weight excluding hydrogens is 282 g/mol. The van der Waals surface area contributed by atoms with Gasteiger partial charge >= 0.3 is 0 Å². The van der Waals surface area contributed by atoms with E-state index in [2.05, 4.69) is 10.9 Å². The molecule has 0 saturated carbocycles. The maximum Gasteiger partial charge on any atom is 0.285 e. The monoisotopic (exact) mass is 297 g/mol. The molecule has 0 radical (unpaired) electrons. The second-order valence-corrected chi connectivity index (χ2v) is 5.00. The summed E-state index contributed by atoms with van der Waals surface area (Å²) < 4.78 is 0. The highest BCUT2D eigenvalue weighted by Crippen LogP contribution is 2.20. The molecule has 0 N–H and O–H groups in total. The molecule has 0 fully saturated rings. The van der Waals surface area contributed by atoms with Gasteiger partial charge in [-0.15, -0.1) is 0 Å². The van der Waals surface area contributed by atoms with Crippen LogP contribution in [0.4, 0.5) is 0 Å². The molecule has 0 aromatic heterocycles. The first-order chi connectivity index (χ1) is 11.3. The Morgan fingerprint density at radius 3 is 1.43 bits per heavy atom. The third-order valence-corrected chi connectivity index (χ3v) is 3.41. The van der Waals surface area contributed by atoms with Crippen LogP contribution in [-0.4, -0.2) is 11.8 Å². The van der Waals surface area contributed by atoms with Gasteiger partial charge in [0.25, 0.3) is 5.91 Å². The second-order valence-electron chi connectivity index (χ2n) is 5.00. The Labute approximate surface area is 135 Å². The number of hydrogen-bond donors (Lipinski definition) is 0. The smallest absolute Gasteiger partial charge is 0.266 e. The number of carbonyl (C=O) groups is 1. The van der Waals surface area contributed by atoms with Crippen molar-refractivity contribution in [2.75, 3.05) is 0 Å². The zero-order valence-corrected chi connectivity index (χ0v) is 12.5. The minimum atomic E-state index is -0.296. The van der Waals surface area contributed by atoms with E-state index in [0.717, 1.165) is 16.7 Å². The summed E-state index contributed by atoms with van der Waals surface area (Å²) in [5.74, 6) is 2.65. The lowest BCUT2D eigenvalue weighted by Crippen LogP contribution is -1.94. The predicted octanol–water partition coefficient (Wildman–Crippen LogP) is 4.63. The third kappa shape index (κ3) is 3.70. The lowest BCUT2D eigenvalue weighted by Gasteiger charge is -2.04. The minimum absolute atomic E-state index is 0.296. The summed E-state index contributed by atoms with van der Waals surface area (Å²) in [6, 6.07) is 28.7. The highest BCUT2D eigenvalue weighted by molar-refractivity contribution is 6.05. The number of carbonyl (C=O) groups excluding carboxylic acids is 1. The molecule has 23 heavy (non-hydrogen) atoms. The molecule has 0 spiro atoms. The van der Waals surface area contributed by atoms with Crippen molar-refractivity contribution < 1.29 is 4.79 Å².